The lowest BCUT2D eigenvalue weighted by Gasteiger charge is -2.06. The normalized spacial score (nSPS) is 10.9. The smallest absolute Gasteiger partial charge is 0.123 e. The van der Waals surface area contributed by atoms with Crippen LogP contribution in [0.15, 0.2) is 54.9 Å². The van der Waals surface area contributed by atoms with Crippen LogP contribution in [0.3, 0.4) is 0 Å². The number of nitrogens with zero attached hydrogens (tertiary/aromatic N) is 3. The fourth-order valence-electron chi connectivity index (χ4n) is 2.49. The van der Waals surface area contributed by atoms with Gasteiger partial charge >= 0.3 is 0 Å². The lowest BCUT2D eigenvalue weighted by molar-refractivity contribution is 0.276. The minimum atomic E-state index is -0.236. The number of aromatic nitrogens is 3. The number of benzene rings is 1. The molecule has 1 aromatic carbocycles. The van der Waals surface area contributed by atoms with Crippen LogP contribution in [0.1, 0.15) is 17.7 Å². The van der Waals surface area contributed by atoms with Crippen LogP contribution in [-0.4, -0.2) is 26.5 Å². The van der Waals surface area contributed by atoms with Crippen molar-refractivity contribution in [1.29, 1.82) is 0 Å². The van der Waals surface area contributed by atoms with Gasteiger partial charge in [-0.1, -0.05) is 12.1 Å². The Morgan fingerprint density at radius 1 is 1.04 bits per heavy atom. The van der Waals surface area contributed by atoms with Crippen LogP contribution in [-0.2, 0) is 13.0 Å². The fraction of sp³-hybridized carbons (Fsp3) is 0.222. The monoisotopic (exact) mass is 311 g/mol. The average molecular weight is 311 g/mol. The zero-order valence-electron chi connectivity index (χ0n) is 12.7. The van der Waals surface area contributed by atoms with Gasteiger partial charge < -0.3 is 5.11 Å². The van der Waals surface area contributed by atoms with Crippen LogP contribution in [0.5, 0.6) is 0 Å². The van der Waals surface area contributed by atoms with Gasteiger partial charge in [0, 0.05) is 43.2 Å². The molecule has 3 aromatic rings. The molecule has 3 rings (SSSR count). The zero-order chi connectivity index (χ0) is 16.1. The molecule has 0 atom stereocenters. The SMILES string of the molecule is OCCCn1nc(-c2ccncc2)cc1Cc1ccc(F)cc1. The molecule has 0 aliphatic carbocycles. The lowest BCUT2D eigenvalue weighted by Crippen LogP contribution is -2.07. The third kappa shape index (κ3) is 3.81. The number of pyridine rings is 1. The number of aliphatic hydroxyl groups excluding tert-OH is 1. The van der Waals surface area contributed by atoms with E-state index in [9.17, 15) is 4.39 Å². The van der Waals surface area contributed by atoms with Gasteiger partial charge in [0.2, 0.25) is 0 Å². The van der Waals surface area contributed by atoms with Crippen LogP contribution in [0.2, 0.25) is 0 Å². The predicted octanol–water partition coefficient (Wildman–Crippen LogP) is 3.06. The second-order valence-corrected chi connectivity index (χ2v) is 5.36. The molecule has 0 fully saturated rings. The molecule has 0 bridgehead atoms. The highest BCUT2D eigenvalue weighted by atomic mass is 19.1. The number of aliphatic hydroxyl groups is 1. The zero-order valence-corrected chi connectivity index (χ0v) is 12.7. The second-order valence-electron chi connectivity index (χ2n) is 5.36. The van der Waals surface area contributed by atoms with Crippen molar-refractivity contribution in [3.63, 3.8) is 0 Å². The van der Waals surface area contributed by atoms with Crippen molar-refractivity contribution < 1.29 is 9.50 Å². The molecular formula is C18H18FN3O. The molecule has 0 aliphatic heterocycles. The van der Waals surface area contributed by atoms with E-state index >= 15 is 0 Å². The van der Waals surface area contributed by atoms with E-state index < -0.39 is 0 Å². The van der Waals surface area contributed by atoms with Crippen molar-refractivity contribution in [3.05, 3.63) is 71.9 Å². The topological polar surface area (TPSA) is 50.9 Å². The molecule has 0 aliphatic rings. The largest absolute Gasteiger partial charge is 0.396 e. The van der Waals surface area contributed by atoms with E-state index in [0.717, 1.165) is 22.5 Å². The maximum Gasteiger partial charge on any atom is 0.123 e. The average Bonchev–Trinajstić information content (AvgIpc) is 2.99. The van der Waals surface area contributed by atoms with E-state index in [4.69, 9.17) is 5.11 Å². The third-order valence-corrected chi connectivity index (χ3v) is 3.67. The Morgan fingerprint density at radius 2 is 1.78 bits per heavy atom. The van der Waals surface area contributed by atoms with E-state index in [0.29, 0.717) is 19.4 Å². The van der Waals surface area contributed by atoms with E-state index in [2.05, 4.69) is 10.1 Å². The molecule has 4 nitrogen and oxygen atoms in total. The van der Waals surface area contributed by atoms with Crippen molar-refractivity contribution in [1.82, 2.24) is 14.8 Å². The van der Waals surface area contributed by atoms with Crippen molar-refractivity contribution in [2.75, 3.05) is 6.61 Å². The lowest BCUT2D eigenvalue weighted by atomic mass is 10.1. The van der Waals surface area contributed by atoms with Crippen molar-refractivity contribution in [3.8, 4) is 11.3 Å². The van der Waals surface area contributed by atoms with Gasteiger partial charge in [-0.2, -0.15) is 5.10 Å². The molecule has 0 spiro atoms. The molecule has 118 valence electrons. The maximum atomic E-state index is 13.0. The summed E-state index contributed by atoms with van der Waals surface area (Å²) in [6.45, 7) is 0.776. The molecule has 5 heteroatoms. The summed E-state index contributed by atoms with van der Waals surface area (Å²) in [5.41, 5.74) is 3.94. The first-order valence-corrected chi connectivity index (χ1v) is 7.58. The Balaban J connectivity index is 1.90. The Hall–Kier alpha value is -2.53. The number of hydrogen-bond donors (Lipinski definition) is 1. The summed E-state index contributed by atoms with van der Waals surface area (Å²) in [4.78, 5) is 4.02. The molecule has 23 heavy (non-hydrogen) atoms. The van der Waals surface area contributed by atoms with Crippen LogP contribution in [0.25, 0.3) is 11.3 Å². The summed E-state index contributed by atoms with van der Waals surface area (Å²) in [6, 6.07) is 12.4. The first kappa shape index (κ1) is 15.4. The van der Waals surface area contributed by atoms with Crippen molar-refractivity contribution >= 4 is 0 Å². The number of hydrogen-bond acceptors (Lipinski definition) is 3. The van der Waals surface area contributed by atoms with Crippen molar-refractivity contribution in [2.45, 2.75) is 19.4 Å². The predicted molar refractivity (Wildman–Crippen MR) is 86.4 cm³/mol. The van der Waals surface area contributed by atoms with Gasteiger partial charge in [-0.3, -0.25) is 9.67 Å². The molecule has 0 amide bonds. The van der Waals surface area contributed by atoms with Gasteiger partial charge in [0.1, 0.15) is 5.82 Å². The highest BCUT2D eigenvalue weighted by Crippen LogP contribution is 2.20. The summed E-state index contributed by atoms with van der Waals surface area (Å²) in [5.74, 6) is -0.236. The van der Waals surface area contributed by atoms with Crippen LogP contribution in [0, 0.1) is 5.82 Å². The molecule has 0 saturated carbocycles. The van der Waals surface area contributed by atoms with Crippen LogP contribution >= 0.6 is 0 Å². The molecule has 0 unspecified atom stereocenters. The molecule has 0 radical (unpaired) electrons. The molecule has 0 saturated heterocycles. The standard InChI is InChI=1S/C18H18FN3O/c19-16-4-2-14(3-5-16)12-17-13-18(15-6-8-20-9-7-15)21-22(17)10-1-11-23/h2-9,13,23H,1,10-12H2. The Morgan fingerprint density at radius 3 is 2.48 bits per heavy atom. The summed E-state index contributed by atoms with van der Waals surface area (Å²) in [7, 11) is 0. The van der Waals surface area contributed by atoms with E-state index in [-0.39, 0.29) is 12.4 Å². The quantitative estimate of drug-likeness (QED) is 0.761. The third-order valence-electron chi connectivity index (χ3n) is 3.67. The molecule has 2 heterocycles. The Bertz CT molecular complexity index is 754. The highest BCUT2D eigenvalue weighted by molar-refractivity contribution is 5.58. The van der Waals surface area contributed by atoms with E-state index in [1.165, 1.54) is 12.1 Å². The van der Waals surface area contributed by atoms with E-state index in [1.807, 2.05) is 22.9 Å². The number of aryl methyl sites for hydroxylation is 1. The number of halogens is 1. The van der Waals surface area contributed by atoms with Crippen molar-refractivity contribution in [2.24, 2.45) is 0 Å². The second kappa shape index (κ2) is 7.15. The fourth-order valence-corrected chi connectivity index (χ4v) is 2.49. The molecular weight excluding hydrogens is 293 g/mol. The first-order valence-electron chi connectivity index (χ1n) is 7.58. The van der Waals surface area contributed by atoms with Gasteiger partial charge in [-0.15, -0.1) is 0 Å². The maximum absolute atomic E-state index is 13.0. The Labute approximate surface area is 134 Å². The molecule has 1 N–H and O–H groups in total. The summed E-state index contributed by atoms with van der Waals surface area (Å²) < 4.78 is 15.0. The summed E-state index contributed by atoms with van der Waals surface area (Å²) >= 11 is 0. The summed E-state index contributed by atoms with van der Waals surface area (Å²) in [5, 5.41) is 13.7. The van der Waals surface area contributed by atoms with Crippen LogP contribution in [0.4, 0.5) is 4.39 Å². The van der Waals surface area contributed by atoms with Gasteiger partial charge in [0.05, 0.1) is 5.69 Å². The Kier molecular flexibility index (Phi) is 4.78. The minimum Gasteiger partial charge on any atom is -0.396 e. The van der Waals surface area contributed by atoms with Gasteiger partial charge in [-0.25, -0.2) is 4.39 Å². The van der Waals surface area contributed by atoms with Gasteiger partial charge in [0.25, 0.3) is 0 Å². The van der Waals surface area contributed by atoms with E-state index in [1.54, 1.807) is 24.5 Å². The van der Waals surface area contributed by atoms with Gasteiger partial charge in [-0.05, 0) is 42.3 Å². The van der Waals surface area contributed by atoms with Crippen LogP contribution < -0.4 is 0 Å². The summed E-state index contributed by atoms with van der Waals surface area (Å²) in [6.07, 6.45) is 4.79. The molecule has 2 aromatic heterocycles. The van der Waals surface area contributed by atoms with Gasteiger partial charge in [0.15, 0.2) is 0 Å². The highest BCUT2D eigenvalue weighted by Gasteiger charge is 2.10. The first-order chi connectivity index (χ1) is 11.3. The minimum absolute atomic E-state index is 0.125. The number of rotatable bonds is 6.